The molecule has 12 nitrogen and oxygen atoms in total. The molecule has 2 fully saturated rings. The standard InChI is InChI=1S/C38H50N4O8S/c1-4-41(27-13-9-6-10-14-27)22-31-30-20-28(15-16-32(30)39-36(31)44)51(46,47)42(21-25(2)3)23-34(43)33(19-26-11-7-5-8-12-26)40-38(45)50-35-24-49-37-29(35)17-18-48-37/h5,7-8,11-13,15-16,20,22,25,29,33-35,37,43H,4,6,9-10,14,17-19,21,23-24H2,1-3H3,(H,39,44)(H,40,45)/b31-22-. The molecule has 2 aromatic rings. The molecule has 1 aliphatic carbocycles. The summed E-state index contributed by atoms with van der Waals surface area (Å²) >= 11 is 0. The van der Waals surface area contributed by atoms with Gasteiger partial charge in [-0.2, -0.15) is 4.31 Å². The maximum absolute atomic E-state index is 14.4. The average molecular weight is 723 g/mol. The number of hydrogen-bond donors (Lipinski definition) is 3. The zero-order chi connectivity index (χ0) is 36.1. The summed E-state index contributed by atoms with van der Waals surface area (Å²) in [4.78, 5) is 28.4. The highest BCUT2D eigenvalue weighted by molar-refractivity contribution is 7.89. The molecular weight excluding hydrogens is 673 g/mol. The number of benzene rings is 2. The number of rotatable bonds is 14. The van der Waals surface area contributed by atoms with Crippen LogP contribution in [0.1, 0.15) is 64.0 Å². The molecule has 6 rings (SSSR count). The van der Waals surface area contributed by atoms with E-state index in [0.29, 0.717) is 30.0 Å². The number of sulfonamides is 1. The first-order valence-corrected chi connectivity index (χ1v) is 19.5. The van der Waals surface area contributed by atoms with Crippen molar-refractivity contribution in [2.75, 3.05) is 38.2 Å². The second kappa shape index (κ2) is 16.3. The van der Waals surface area contributed by atoms with Crippen molar-refractivity contribution in [3.63, 3.8) is 0 Å². The Hall–Kier alpha value is -3.75. The van der Waals surface area contributed by atoms with Gasteiger partial charge >= 0.3 is 6.09 Å². The topological polar surface area (TPSA) is 147 Å². The molecular formula is C38H50N4O8S. The van der Waals surface area contributed by atoms with E-state index in [4.69, 9.17) is 14.2 Å². The van der Waals surface area contributed by atoms with Crippen molar-refractivity contribution in [2.24, 2.45) is 11.8 Å². The van der Waals surface area contributed by atoms with Crippen molar-refractivity contribution in [2.45, 2.75) is 88.7 Å². The Morgan fingerprint density at radius 3 is 2.67 bits per heavy atom. The number of nitrogens with one attached hydrogen (secondary N) is 2. The summed E-state index contributed by atoms with van der Waals surface area (Å²) in [5.41, 5.74) is 3.48. The number of carbonyl (C=O) groups is 2. The molecule has 2 saturated heterocycles. The molecule has 3 N–H and O–H groups in total. The Labute approximate surface area is 300 Å². The minimum Gasteiger partial charge on any atom is -0.443 e. The van der Waals surface area contributed by atoms with Gasteiger partial charge in [0.2, 0.25) is 10.0 Å². The van der Waals surface area contributed by atoms with Crippen LogP contribution < -0.4 is 10.6 Å². The Kier molecular flexibility index (Phi) is 11.8. The molecule has 0 bridgehead atoms. The minimum absolute atomic E-state index is 0.0120. The highest BCUT2D eigenvalue weighted by atomic mass is 32.2. The fourth-order valence-corrected chi connectivity index (χ4v) is 8.90. The van der Waals surface area contributed by atoms with Gasteiger partial charge in [-0.25, -0.2) is 13.2 Å². The number of carbonyl (C=O) groups excluding carboxylic acids is 2. The lowest BCUT2D eigenvalue weighted by atomic mass is 10.0. The lowest BCUT2D eigenvalue weighted by Gasteiger charge is -2.31. The van der Waals surface area contributed by atoms with Gasteiger partial charge in [-0.3, -0.25) is 4.79 Å². The van der Waals surface area contributed by atoms with E-state index in [1.165, 1.54) is 16.4 Å². The smallest absolute Gasteiger partial charge is 0.407 e. The maximum Gasteiger partial charge on any atom is 0.407 e. The molecule has 3 aliphatic heterocycles. The van der Waals surface area contributed by atoms with E-state index in [1.807, 2.05) is 57.3 Å². The number of amides is 2. The van der Waals surface area contributed by atoms with Crippen LogP contribution in [-0.2, 0) is 35.4 Å². The van der Waals surface area contributed by atoms with Gasteiger partial charge in [-0.1, -0.05) is 50.3 Å². The van der Waals surface area contributed by atoms with Gasteiger partial charge in [-0.15, -0.1) is 0 Å². The van der Waals surface area contributed by atoms with Crippen LogP contribution in [0.15, 0.2) is 71.4 Å². The molecule has 0 aromatic heterocycles. The van der Waals surface area contributed by atoms with Crippen LogP contribution in [0.25, 0.3) is 5.57 Å². The molecule has 0 saturated carbocycles. The first-order chi connectivity index (χ1) is 24.5. The van der Waals surface area contributed by atoms with Crippen LogP contribution >= 0.6 is 0 Å². The van der Waals surface area contributed by atoms with Gasteiger partial charge in [0, 0.05) is 42.8 Å². The zero-order valence-electron chi connectivity index (χ0n) is 29.6. The predicted octanol–water partition coefficient (Wildman–Crippen LogP) is 4.87. The van der Waals surface area contributed by atoms with Crippen LogP contribution in [0, 0.1) is 11.8 Å². The molecule has 2 aromatic carbocycles. The summed E-state index contributed by atoms with van der Waals surface area (Å²) in [5, 5.41) is 17.4. The molecule has 3 heterocycles. The average Bonchev–Trinajstić information content (AvgIpc) is 3.82. The van der Waals surface area contributed by atoms with Gasteiger partial charge in [0.25, 0.3) is 5.91 Å². The van der Waals surface area contributed by atoms with E-state index >= 15 is 0 Å². The summed E-state index contributed by atoms with van der Waals surface area (Å²) in [5.74, 6) is -0.412. The number of alkyl carbamates (subject to hydrolysis) is 1. The Morgan fingerprint density at radius 1 is 1.14 bits per heavy atom. The molecule has 51 heavy (non-hydrogen) atoms. The summed E-state index contributed by atoms with van der Waals surface area (Å²) in [7, 11) is -4.16. The third-order valence-corrected chi connectivity index (χ3v) is 11.8. The lowest BCUT2D eigenvalue weighted by Crippen LogP contribution is -2.51. The monoisotopic (exact) mass is 722 g/mol. The zero-order valence-corrected chi connectivity index (χ0v) is 30.4. The van der Waals surface area contributed by atoms with Crippen LogP contribution in [-0.4, -0.2) is 92.1 Å². The van der Waals surface area contributed by atoms with Gasteiger partial charge in [0.1, 0.15) is 6.10 Å². The summed E-state index contributed by atoms with van der Waals surface area (Å²) in [6, 6.07) is 13.1. The molecule has 276 valence electrons. The number of aliphatic hydroxyl groups is 1. The summed E-state index contributed by atoms with van der Waals surface area (Å²) < 4.78 is 47.0. The van der Waals surface area contributed by atoms with Gasteiger partial charge in [-0.05, 0) is 75.1 Å². The number of fused-ring (bicyclic) bond motifs is 2. The van der Waals surface area contributed by atoms with Crippen LogP contribution in [0.4, 0.5) is 10.5 Å². The van der Waals surface area contributed by atoms with Gasteiger partial charge < -0.3 is 34.9 Å². The molecule has 2 amide bonds. The highest BCUT2D eigenvalue weighted by Gasteiger charge is 2.44. The number of ether oxygens (including phenoxy) is 3. The van der Waals surface area contributed by atoms with Crippen LogP contribution in [0.5, 0.6) is 0 Å². The first-order valence-electron chi connectivity index (χ1n) is 18.1. The number of anilines is 1. The molecule has 4 aliphatic rings. The number of aliphatic hydroxyl groups excluding tert-OH is 1. The third kappa shape index (κ3) is 8.66. The van der Waals surface area contributed by atoms with E-state index in [9.17, 15) is 23.1 Å². The second-order valence-corrected chi connectivity index (χ2v) is 16.1. The predicted molar refractivity (Wildman–Crippen MR) is 193 cm³/mol. The Morgan fingerprint density at radius 2 is 1.94 bits per heavy atom. The van der Waals surface area contributed by atoms with Crippen molar-refractivity contribution < 1.29 is 37.3 Å². The van der Waals surface area contributed by atoms with Crippen molar-refractivity contribution in [1.82, 2.24) is 14.5 Å². The van der Waals surface area contributed by atoms with Crippen molar-refractivity contribution in [1.29, 1.82) is 0 Å². The van der Waals surface area contributed by atoms with Crippen molar-refractivity contribution in [3.8, 4) is 0 Å². The fraction of sp³-hybridized carbons (Fsp3) is 0.526. The van der Waals surface area contributed by atoms with E-state index in [0.717, 1.165) is 43.4 Å². The molecule has 5 atom stereocenters. The molecule has 0 spiro atoms. The van der Waals surface area contributed by atoms with Crippen molar-refractivity contribution >= 4 is 33.3 Å². The Balaban J connectivity index is 1.23. The molecule has 0 radical (unpaired) electrons. The van der Waals surface area contributed by atoms with Gasteiger partial charge in [0.05, 0.1) is 41.7 Å². The van der Waals surface area contributed by atoms with E-state index in [1.54, 1.807) is 6.07 Å². The second-order valence-electron chi connectivity index (χ2n) is 14.1. The maximum atomic E-state index is 14.4. The lowest BCUT2D eigenvalue weighted by molar-refractivity contribution is -0.110. The number of nitrogens with zero attached hydrogens (tertiary/aromatic N) is 2. The highest BCUT2D eigenvalue weighted by Crippen LogP contribution is 2.36. The largest absolute Gasteiger partial charge is 0.443 e. The van der Waals surface area contributed by atoms with E-state index < -0.39 is 34.4 Å². The SMILES string of the molecule is CCN(/C=C1\C(=O)Nc2ccc(S(=O)(=O)N(CC(C)C)CC(O)C(Cc3ccccc3)NC(=O)OC3COC4OCCC34)cc21)C1=CCCCC1. The fourth-order valence-electron chi connectivity index (χ4n) is 7.26. The van der Waals surface area contributed by atoms with Crippen LogP contribution in [0.2, 0.25) is 0 Å². The molecule has 13 heteroatoms. The number of hydrogen-bond acceptors (Lipinski definition) is 9. The first kappa shape index (κ1) is 37.0. The molecule has 5 unspecified atom stereocenters. The Bertz CT molecular complexity index is 1730. The van der Waals surface area contributed by atoms with Crippen LogP contribution in [0.3, 0.4) is 0 Å². The summed E-state index contributed by atoms with van der Waals surface area (Å²) in [6.07, 6.45) is 6.27. The number of allylic oxidation sites excluding steroid dienone is 2. The summed E-state index contributed by atoms with van der Waals surface area (Å²) in [6.45, 7) is 7.11. The minimum atomic E-state index is -4.16. The normalized spacial score (nSPS) is 23.5. The van der Waals surface area contributed by atoms with Gasteiger partial charge in [0.15, 0.2) is 6.29 Å². The third-order valence-electron chi connectivity index (χ3n) is 9.94. The van der Waals surface area contributed by atoms with E-state index in [-0.39, 0.29) is 55.0 Å². The van der Waals surface area contributed by atoms with Crippen molar-refractivity contribution in [3.05, 3.63) is 77.6 Å². The van der Waals surface area contributed by atoms with E-state index in [2.05, 4.69) is 21.6 Å². The quantitative estimate of drug-likeness (QED) is 0.233.